The van der Waals surface area contributed by atoms with Gasteiger partial charge in [0.2, 0.25) is 0 Å². The summed E-state index contributed by atoms with van der Waals surface area (Å²) in [7, 11) is 0. The van der Waals surface area contributed by atoms with E-state index in [1.807, 2.05) is 6.92 Å². The maximum Gasteiger partial charge on any atom is 0.103 e. The fraction of sp³-hybridized carbons (Fsp3) is 0.895. The van der Waals surface area contributed by atoms with Crippen molar-refractivity contribution in [1.29, 1.82) is 0 Å². The lowest BCUT2D eigenvalue weighted by atomic mass is 9.71. The third-order valence-electron chi connectivity index (χ3n) is 6.44. The molecule has 2 fully saturated rings. The summed E-state index contributed by atoms with van der Waals surface area (Å²) in [4.78, 5) is 0. The van der Waals surface area contributed by atoms with Crippen LogP contribution in [0.2, 0.25) is 0 Å². The van der Waals surface area contributed by atoms with Crippen LogP contribution in [0.4, 0.5) is 0 Å². The van der Waals surface area contributed by atoms with E-state index in [1.165, 1.54) is 0 Å². The zero-order valence-corrected chi connectivity index (χ0v) is 15.6. The molecule has 2 aliphatic heterocycles. The second-order valence-corrected chi connectivity index (χ2v) is 8.10. The summed E-state index contributed by atoms with van der Waals surface area (Å²) in [5.41, 5.74) is 0.358. The van der Waals surface area contributed by atoms with Gasteiger partial charge in [-0.05, 0) is 31.3 Å². The van der Waals surface area contributed by atoms with Crippen molar-refractivity contribution in [3.8, 4) is 0 Å². The molecule has 0 saturated carbocycles. The van der Waals surface area contributed by atoms with Crippen LogP contribution in [0.3, 0.4) is 0 Å². The van der Waals surface area contributed by atoms with Gasteiger partial charge in [-0.3, -0.25) is 0 Å². The van der Waals surface area contributed by atoms with E-state index >= 15 is 0 Å². The molecule has 1 aliphatic carbocycles. The molecule has 6 N–H and O–H groups in total. The molecule has 0 radical (unpaired) electrons. The monoisotopic (exact) mass is 388 g/mol. The van der Waals surface area contributed by atoms with Gasteiger partial charge in [-0.1, -0.05) is 6.08 Å². The first-order valence-corrected chi connectivity index (χ1v) is 9.79. The van der Waals surface area contributed by atoms with Crippen LogP contribution >= 0.6 is 0 Å². The van der Waals surface area contributed by atoms with Crippen molar-refractivity contribution < 1.29 is 40.1 Å². The fourth-order valence-corrected chi connectivity index (χ4v) is 5.08. The average Bonchev–Trinajstić information content (AvgIpc) is 2.63. The number of aliphatic hydroxyl groups excluding tert-OH is 6. The molecule has 2 saturated heterocycles. The highest BCUT2D eigenvalue weighted by Crippen LogP contribution is 2.41. The Morgan fingerprint density at radius 1 is 1.00 bits per heavy atom. The highest BCUT2D eigenvalue weighted by atomic mass is 16.5. The summed E-state index contributed by atoms with van der Waals surface area (Å²) < 4.78 is 11.7. The lowest BCUT2D eigenvalue weighted by Gasteiger charge is -2.48. The predicted octanol–water partition coefficient (Wildman–Crippen LogP) is -1.44. The van der Waals surface area contributed by atoms with Crippen molar-refractivity contribution in [2.45, 2.75) is 68.9 Å². The van der Waals surface area contributed by atoms with Crippen LogP contribution in [-0.2, 0) is 9.47 Å². The quantitative estimate of drug-likeness (QED) is 0.322. The number of hydrogen-bond donors (Lipinski definition) is 6. The number of hydrogen-bond acceptors (Lipinski definition) is 8. The van der Waals surface area contributed by atoms with E-state index in [0.717, 1.165) is 0 Å². The summed E-state index contributed by atoms with van der Waals surface area (Å²) in [5, 5.41) is 60.3. The zero-order chi connectivity index (χ0) is 19.7. The van der Waals surface area contributed by atoms with Gasteiger partial charge in [0.05, 0.1) is 49.8 Å². The van der Waals surface area contributed by atoms with E-state index in [-0.39, 0.29) is 44.0 Å². The van der Waals surface area contributed by atoms with Crippen LogP contribution in [-0.4, -0.2) is 93.2 Å². The van der Waals surface area contributed by atoms with Crippen molar-refractivity contribution in [2.75, 3.05) is 19.8 Å². The first-order chi connectivity index (χ1) is 12.9. The van der Waals surface area contributed by atoms with E-state index in [0.29, 0.717) is 18.6 Å². The molecular weight excluding hydrogens is 356 g/mol. The molecular formula is C19H32O8. The highest BCUT2D eigenvalue weighted by molar-refractivity contribution is 5.18. The summed E-state index contributed by atoms with van der Waals surface area (Å²) in [6.07, 6.45) is -2.06. The molecule has 0 bridgehead atoms. The molecule has 2 heterocycles. The van der Waals surface area contributed by atoms with Crippen LogP contribution in [0.1, 0.15) is 26.2 Å². The molecule has 2 unspecified atom stereocenters. The number of allylic oxidation sites excluding steroid dienone is 1. The summed E-state index contributed by atoms with van der Waals surface area (Å²) >= 11 is 0. The molecule has 8 nitrogen and oxygen atoms in total. The smallest absolute Gasteiger partial charge is 0.103 e. The molecule has 10 atom stereocenters. The predicted molar refractivity (Wildman–Crippen MR) is 94.7 cm³/mol. The molecule has 3 rings (SSSR count). The molecule has 27 heavy (non-hydrogen) atoms. The maximum atomic E-state index is 10.8. The van der Waals surface area contributed by atoms with Gasteiger partial charge in [0.25, 0.3) is 0 Å². The molecule has 0 spiro atoms. The minimum Gasteiger partial charge on any atom is -0.394 e. The second-order valence-electron chi connectivity index (χ2n) is 8.10. The van der Waals surface area contributed by atoms with Gasteiger partial charge in [-0.25, -0.2) is 0 Å². The van der Waals surface area contributed by atoms with Crippen LogP contribution in [0.15, 0.2) is 11.6 Å². The summed E-state index contributed by atoms with van der Waals surface area (Å²) in [6, 6.07) is 0. The summed E-state index contributed by atoms with van der Waals surface area (Å²) in [6.45, 7) is 1.66. The lowest BCUT2D eigenvalue weighted by molar-refractivity contribution is -0.210. The Kier molecular flexibility index (Phi) is 6.92. The van der Waals surface area contributed by atoms with Crippen LogP contribution in [0.25, 0.3) is 0 Å². The number of aliphatic hydroxyl groups is 6. The minimum absolute atomic E-state index is 0.217. The average molecular weight is 388 g/mol. The Morgan fingerprint density at radius 3 is 2.37 bits per heavy atom. The van der Waals surface area contributed by atoms with Crippen LogP contribution in [0, 0.1) is 17.8 Å². The molecule has 3 aliphatic rings. The molecule has 0 amide bonds. The summed E-state index contributed by atoms with van der Waals surface area (Å²) in [5.74, 6) is -0.957. The number of ether oxygens (including phenoxy) is 2. The minimum atomic E-state index is -1.09. The topological polar surface area (TPSA) is 140 Å². The van der Waals surface area contributed by atoms with Gasteiger partial charge in [-0.2, -0.15) is 0 Å². The van der Waals surface area contributed by atoms with E-state index in [9.17, 15) is 30.6 Å². The van der Waals surface area contributed by atoms with Gasteiger partial charge in [-0.15, -0.1) is 0 Å². The standard InChI is InChI=1S/C19H32O8/c1-9-17(10-4-11(7-20)19(25)14(24)5-10)13(23)6-15(27-9)18-12(22)2-3-26-16(18)8-21/h4,9-10,12-25H,2-3,5-8H2,1H3/t9-,10?,12-,13-,14-,15+,16-,17+,18?,19-/m1/s1. The van der Waals surface area contributed by atoms with Gasteiger partial charge < -0.3 is 40.1 Å². The maximum absolute atomic E-state index is 10.8. The van der Waals surface area contributed by atoms with Crippen molar-refractivity contribution in [3.05, 3.63) is 11.6 Å². The first-order valence-electron chi connectivity index (χ1n) is 9.79. The SMILES string of the molecule is C[C@H]1O[C@H](C2[C@H](O)CCO[C@@H]2CO)C[C@@H](O)[C@@H]1C1C=C(CO)[C@@H](O)[C@H](O)C1. The van der Waals surface area contributed by atoms with Crippen molar-refractivity contribution in [2.24, 2.45) is 17.8 Å². The number of rotatable bonds is 4. The van der Waals surface area contributed by atoms with Crippen molar-refractivity contribution in [3.63, 3.8) is 0 Å². The zero-order valence-electron chi connectivity index (χ0n) is 15.6. The Labute approximate surface area is 159 Å². The van der Waals surface area contributed by atoms with E-state index < -0.39 is 42.5 Å². The van der Waals surface area contributed by atoms with Crippen LogP contribution in [0.5, 0.6) is 0 Å². The third kappa shape index (κ3) is 4.23. The molecule has 8 heteroatoms. The third-order valence-corrected chi connectivity index (χ3v) is 6.44. The highest BCUT2D eigenvalue weighted by Gasteiger charge is 2.48. The fourth-order valence-electron chi connectivity index (χ4n) is 5.08. The molecule has 0 aromatic rings. The Hall–Kier alpha value is -0.580. The second kappa shape index (κ2) is 8.84. The van der Waals surface area contributed by atoms with E-state index in [2.05, 4.69) is 0 Å². The van der Waals surface area contributed by atoms with E-state index in [4.69, 9.17) is 9.47 Å². The lowest BCUT2D eigenvalue weighted by Crippen LogP contribution is -2.56. The van der Waals surface area contributed by atoms with Crippen LogP contribution < -0.4 is 0 Å². The van der Waals surface area contributed by atoms with Gasteiger partial charge >= 0.3 is 0 Å². The van der Waals surface area contributed by atoms with Gasteiger partial charge in [0, 0.05) is 24.9 Å². The van der Waals surface area contributed by atoms with Gasteiger partial charge in [0.15, 0.2) is 0 Å². The molecule has 0 aromatic heterocycles. The Balaban J connectivity index is 1.74. The Bertz CT molecular complexity index is 514. The normalized spacial score (nSPS) is 48.9. The molecule has 156 valence electrons. The largest absolute Gasteiger partial charge is 0.394 e. The molecule has 0 aromatic carbocycles. The Morgan fingerprint density at radius 2 is 1.74 bits per heavy atom. The van der Waals surface area contributed by atoms with Gasteiger partial charge in [0.1, 0.15) is 6.10 Å². The van der Waals surface area contributed by atoms with E-state index in [1.54, 1.807) is 6.08 Å². The van der Waals surface area contributed by atoms with Crippen molar-refractivity contribution in [1.82, 2.24) is 0 Å². The first kappa shape index (κ1) is 21.1. The van der Waals surface area contributed by atoms with Crippen molar-refractivity contribution >= 4 is 0 Å².